The SMILES string of the molecule is C[C@@H](I)c1cccc(C(F)(F)F)c1. The molecule has 0 unspecified atom stereocenters. The number of benzene rings is 1. The van der Waals surface area contributed by atoms with Crippen molar-refractivity contribution in [1.29, 1.82) is 0 Å². The lowest BCUT2D eigenvalue weighted by atomic mass is 10.1. The summed E-state index contributed by atoms with van der Waals surface area (Å²) in [5.41, 5.74) is 0.129. The van der Waals surface area contributed by atoms with Crippen LogP contribution in [0, 0.1) is 0 Å². The van der Waals surface area contributed by atoms with E-state index in [4.69, 9.17) is 0 Å². The average Bonchev–Trinajstić information content (AvgIpc) is 2.03. The summed E-state index contributed by atoms with van der Waals surface area (Å²) in [7, 11) is 0. The van der Waals surface area contributed by atoms with E-state index in [0.29, 0.717) is 5.56 Å². The van der Waals surface area contributed by atoms with Crippen molar-refractivity contribution in [3.05, 3.63) is 35.4 Å². The van der Waals surface area contributed by atoms with Gasteiger partial charge in [0.2, 0.25) is 0 Å². The lowest BCUT2D eigenvalue weighted by Gasteiger charge is -2.09. The zero-order valence-electron chi connectivity index (χ0n) is 6.90. The van der Waals surface area contributed by atoms with Crippen LogP contribution >= 0.6 is 22.6 Å². The summed E-state index contributed by atoms with van der Waals surface area (Å²) >= 11 is 2.09. The van der Waals surface area contributed by atoms with Crippen LogP contribution in [0.5, 0.6) is 0 Å². The molecule has 0 saturated carbocycles. The van der Waals surface area contributed by atoms with Crippen LogP contribution in [-0.4, -0.2) is 0 Å². The Morgan fingerprint density at radius 3 is 2.38 bits per heavy atom. The van der Waals surface area contributed by atoms with Gasteiger partial charge in [0.25, 0.3) is 0 Å². The van der Waals surface area contributed by atoms with Crippen LogP contribution in [0.3, 0.4) is 0 Å². The van der Waals surface area contributed by atoms with E-state index in [2.05, 4.69) is 22.6 Å². The third-order valence-corrected chi connectivity index (χ3v) is 2.39. The Balaban J connectivity index is 3.06. The molecule has 0 heterocycles. The molecule has 1 atom stereocenters. The molecule has 0 saturated heterocycles. The van der Waals surface area contributed by atoms with Gasteiger partial charge in [0.15, 0.2) is 0 Å². The van der Waals surface area contributed by atoms with E-state index >= 15 is 0 Å². The van der Waals surface area contributed by atoms with Crippen molar-refractivity contribution in [2.45, 2.75) is 17.0 Å². The first-order chi connectivity index (χ1) is 5.91. The highest BCUT2D eigenvalue weighted by Gasteiger charge is 2.30. The van der Waals surface area contributed by atoms with Crippen molar-refractivity contribution >= 4 is 22.6 Å². The van der Waals surface area contributed by atoms with E-state index in [-0.39, 0.29) is 3.92 Å². The normalized spacial score (nSPS) is 14.2. The Morgan fingerprint density at radius 1 is 1.31 bits per heavy atom. The van der Waals surface area contributed by atoms with Crippen molar-refractivity contribution in [2.24, 2.45) is 0 Å². The van der Waals surface area contributed by atoms with Gasteiger partial charge in [-0.1, -0.05) is 40.8 Å². The van der Waals surface area contributed by atoms with Crippen LogP contribution in [0.25, 0.3) is 0 Å². The Kier molecular flexibility index (Phi) is 3.21. The van der Waals surface area contributed by atoms with Gasteiger partial charge >= 0.3 is 6.18 Å². The Hall–Kier alpha value is -0.260. The minimum absolute atomic E-state index is 0.0971. The molecule has 4 heteroatoms. The molecule has 72 valence electrons. The van der Waals surface area contributed by atoms with Gasteiger partial charge in [-0.2, -0.15) is 13.2 Å². The van der Waals surface area contributed by atoms with Gasteiger partial charge in [-0.25, -0.2) is 0 Å². The molecule has 1 aromatic rings. The molecular weight excluding hydrogens is 292 g/mol. The van der Waals surface area contributed by atoms with Crippen molar-refractivity contribution < 1.29 is 13.2 Å². The first kappa shape index (κ1) is 10.8. The van der Waals surface area contributed by atoms with Gasteiger partial charge in [0.1, 0.15) is 0 Å². The number of halogens is 4. The lowest BCUT2D eigenvalue weighted by molar-refractivity contribution is -0.137. The average molecular weight is 300 g/mol. The van der Waals surface area contributed by atoms with Gasteiger partial charge in [-0.3, -0.25) is 0 Å². The van der Waals surface area contributed by atoms with Crippen LogP contribution in [0.2, 0.25) is 0 Å². The predicted octanol–water partition coefficient (Wildman–Crippen LogP) is 4.20. The highest BCUT2D eigenvalue weighted by molar-refractivity contribution is 14.1. The van der Waals surface area contributed by atoms with E-state index in [1.54, 1.807) is 6.07 Å². The Bertz CT molecular complexity index is 291. The molecule has 0 aromatic heterocycles. The first-order valence-electron chi connectivity index (χ1n) is 3.72. The molecule has 0 radical (unpaired) electrons. The maximum absolute atomic E-state index is 12.2. The first-order valence-corrected chi connectivity index (χ1v) is 4.97. The maximum atomic E-state index is 12.2. The van der Waals surface area contributed by atoms with Crippen molar-refractivity contribution in [3.8, 4) is 0 Å². The van der Waals surface area contributed by atoms with E-state index in [0.717, 1.165) is 6.07 Å². The third-order valence-electron chi connectivity index (χ3n) is 1.67. The molecule has 0 aliphatic heterocycles. The minimum atomic E-state index is -4.23. The fourth-order valence-electron chi connectivity index (χ4n) is 0.962. The molecule has 0 aliphatic rings. The Morgan fingerprint density at radius 2 is 1.92 bits per heavy atom. The zero-order chi connectivity index (χ0) is 10.1. The summed E-state index contributed by atoms with van der Waals surface area (Å²) in [6.45, 7) is 1.86. The van der Waals surface area contributed by atoms with Gasteiger partial charge in [-0.05, 0) is 18.6 Å². The number of hydrogen-bond acceptors (Lipinski definition) is 0. The molecule has 1 aromatic carbocycles. The van der Waals surface area contributed by atoms with Crippen LogP contribution in [0.4, 0.5) is 13.2 Å². The molecule has 0 amide bonds. The molecule has 0 fully saturated rings. The summed E-state index contributed by atoms with van der Waals surface area (Å²) in [6, 6.07) is 5.42. The summed E-state index contributed by atoms with van der Waals surface area (Å²) < 4.78 is 36.8. The van der Waals surface area contributed by atoms with Gasteiger partial charge in [-0.15, -0.1) is 0 Å². The van der Waals surface area contributed by atoms with Crippen LogP contribution in [-0.2, 0) is 6.18 Å². The summed E-state index contributed by atoms with van der Waals surface area (Å²) in [6.07, 6.45) is -4.23. The Labute approximate surface area is 88.3 Å². The van der Waals surface area contributed by atoms with E-state index in [9.17, 15) is 13.2 Å². The molecule has 0 N–H and O–H groups in total. The standard InChI is InChI=1S/C9H8F3I/c1-6(13)7-3-2-4-8(5-7)9(10,11)12/h2-6H,1H3/t6-/m1/s1. The van der Waals surface area contributed by atoms with E-state index in [1.807, 2.05) is 6.92 Å². The summed E-state index contributed by atoms with van der Waals surface area (Å²) in [4.78, 5) is 0. The summed E-state index contributed by atoms with van der Waals surface area (Å²) in [5, 5.41) is 0. The highest BCUT2D eigenvalue weighted by atomic mass is 127. The summed E-state index contributed by atoms with van der Waals surface area (Å²) in [5.74, 6) is 0. The topological polar surface area (TPSA) is 0 Å². The molecule has 13 heavy (non-hydrogen) atoms. The van der Waals surface area contributed by atoms with Crippen molar-refractivity contribution in [1.82, 2.24) is 0 Å². The largest absolute Gasteiger partial charge is 0.416 e. The number of rotatable bonds is 1. The van der Waals surface area contributed by atoms with Crippen LogP contribution in [0.1, 0.15) is 22.0 Å². The fraction of sp³-hybridized carbons (Fsp3) is 0.333. The maximum Gasteiger partial charge on any atom is 0.416 e. The van der Waals surface area contributed by atoms with Crippen LogP contribution < -0.4 is 0 Å². The monoisotopic (exact) mass is 300 g/mol. The lowest BCUT2D eigenvalue weighted by Crippen LogP contribution is -2.05. The third kappa shape index (κ3) is 2.86. The van der Waals surface area contributed by atoms with Gasteiger partial charge in [0, 0.05) is 3.92 Å². The molecule has 0 spiro atoms. The second kappa shape index (κ2) is 3.86. The second-order valence-corrected chi connectivity index (χ2v) is 4.61. The number of hydrogen-bond donors (Lipinski definition) is 0. The van der Waals surface area contributed by atoms with E-state index in [1.165, 1.54) is 12.1 Å². The zero-order valence-corrected chi connectivity index (χ0v) is 9.06. The molecule has 0 nitrogen and oxygen atoms in total. The number of alkyl halides is 4. The van der Waals surface area contributed by atoms with Crippen LogP contribution in [0.15, 0.2) is 24.3 Å². The van der Waals surface area contributed by atoms with Crippen molar-refractivity contribution in [2.75, 3.05) is 0 Å². The fourth-order valence-corrected chi connectivity index (χ4v) is 1.35. The quantitative estimate of drug-likeness (QED) is 0.538. The van der Waals surface area contributed by atoms with Gasteiger partial charge < -0.3 is 0 Å². The minimum Gasteiger partial charge on any atom is -0.166 e. The smallest absolute Gasteiger partial charge is 0.166 e. The van der Waals surface area contributed by atoms with Crippen molar-refractivity contribution in [3.63, 3.8) is 0 Å². The highest BCUT2D eigenvalue weighted by Crippen LogP contribution is 2.32. The van der Waals surface area contributed by atoms with Gasteiger partial charge in [0.05, 0.1) is 5.56 Å². The molecule has 0 aliphatic carbocycles. The predicted molar refractivity (Wildman–Crippen MR) is 53.9 cm³/mol. The molecule has 0 bridgehead atoms. The van der Waals surface area contributed by atoms with E-state index < -0.39 is 11.7 Å². The second-order valence-electron chi connectivity index (χ2n) is 2.74. The molecule has 1 rings (SSSR count). The molecular formula is C9H8F3I.